The fraction of sp³-hybridized carbons (Fsp3) is 0.417. The first kappa shape index (κ1) is 14.5. The zero-order valence-corrected chi connectivity index (χ0v) is 11.1. The molecule has 0 spiro atoms. The second-order valence-electron chi connectivity index (χ2n) is 3.52. The molecule has 0 fully saturated rings. The van der Waals surface area contributed by atoms with Gasteiger partial charge in [-0.05, 0) is 25.5 Å². The van der Waals surface area contributed by atoms with Gasteiger partial charge in [0.1, 0.15) is 5.25 Å². The molecule has 0 amide bonds. The Morgan fingerprint density at radius 3 is 2.44 bits per heavy atom. The number of benzene rings is 1. The lowest BCUT2D eigenvalue weighted by molar-refractivity contribution is -0.384. The Balaban J connectivity index is 2.70. The number of non-ortho nitro benzene ring substituents is 1. The van der Waals surface area contributed by atoms with Crippen molar-refractivity contribution in [1.29, 1.82) is 0 Å². The van der Waals surface area contributed by atoms with Crippen molar-refractivity contribution in [2.45, 2.75) is 30.4 Å². The molecule has 1 unspecified atom stereocenters. The Labute approximate surface area is 110 Å². The van der Waals surface area contributed by atoms with Gasteiger partial charge in [-0.2, -0.15) is 0 Å². The predicted octanol–water partition coefficient (Wildman–Crippen LogP) is 3.03. The van der Waals surface area contributed by atoms with E-state index in [0.29, 0.717) is 13.0 Å². The molecule has 0 heterocycles. The molecule has 0 N–H and O–H groups in total. The summed E-state index contributed by atoms with van der Waals surface area (Å²) in [6, 6.07) is 6.15. The van der Waals surface area contributed by atoms with Crippen LogP contribution in [-0.2, 0) is 9.53 Å². The molecule has 0 aliphatic carbocycles. The van der Waals surface area contributed by atoms with Crippen molar-refractivity contribution in [1.82, 2.24) is 0 Å². The summed E-state index contributed by atoms with van der Waals surface area (Å²) in [6.45, 7) is 4.03. The van der Waals surface area contributed by atoms with E-state index in [1.807, 2.05) is 6.92 Å². The highest BCUT2D eigenvalue weighted by Gasteiger charge is 2.19. The minimum Gasteiger partial charge on any atom is -0.465 e. The first-order valence-electron chi connectivity index (χ1n) is 5.66. The lowest BCUT2D eigenvalue weighted by atomic mass is 10.3. The summed E-state index contributed by atoms with van der Waals surface area (Å²) in [5.41, 5.74) is 0.0449. The Kier molecular flexibility index (Phi) is 5.64. The number of nitrogens with zero attached hydrogens (tertiary/aromatic N) is 1. The van der Waals surface area contributed by atoms with E-state index < -0.39 is 4.92 Å². The Hall–Kier alpha value is -1.56. The van der Waals surface area contributed by atoms with Gasteiger partial charge in [-0.25, -0.2) is 0 Å². The molecule has 6 heteroatoms. The van der Waals surface area contributed by atoms with Crippen molar-refractivity contribution in [3.05, 3.63) is 34.4 Å². The third-order valence-electron chi connectivity index (χ3n) is 2.25. The summed E-state index contributed by atoms with van der Waals surface area (Å²) in [7, 11) is 0. The smallest absolute Gasteiger partial charge is 0.319 e. The van der Waals surface area contributed by atoms with Crippen LogP contribution in [0.15, 0.2) is 29.2 Å². The van der Waals surface area contributed by atoms with Crippen molar-refractivity contribution in [3.63, 3.8) is 0 Å². The molecule has 5 nitrogen and oxygen atoms in total. The maximum atomic E-state index is 11.6. The van der Waals surface area contributed by atoms with Gasteiger partial charge >= 0.3 is 5.97 Å². The monoisotopic (exact) mass is 269 g/mol. The van der Waals surface area contributed by atoms with Crippen LogP contribution in [0.1, 0.15) is 20.3 Å². The maximum Gasteiger partial charge on any atom is 0.319 e. The molecule has 0 saturated carbocycles. The molecule has 18 heavy (non-hydrogen) atoms. The van der Waals surface area contributed by atoms with Crippen LogP contribution in [0.2, 0.25) is 0 Å². The third kappa shape index (κ3) is 4.03. The minimum absolute atomic E-state index is 0.0449. The normalized spacial score (nSPS) is 11.9. The van der Waals surface area contributed by atoms with E-state index in [-0.39, 0.29) is 16.9 Å². The number of hydrogen-bond donors (Lipinski definition) is 0. The van der Waals surface area contributed by atoms with Crippen LogP contribution in [0.4, 0.5) is 5.69 Å². The molecule has 1 atom stereocenters. The van der Waals surface area contributed by atoms with E-state index in [0.717, 1.165) is 4.90 Å². The highest BCUT2D eigenvalue weighted by Crippen LogP contribution is 2.27. The van der Waals surface area contributed by atoms with E-state index >= 15 is 0 Å². The Morgan fingerprint density at radius 2 is 2.00 bits per heavy atom. The molecule has 0 bridgehead atoms. The summed E-state index contributed by atoms with van der Waals surface area (Å²) in [5.74, 6) is -0.247. The summed E-state index contributed by atoms with van der Waals surface area (Å²) >= 11 is 1.36. The molecular weight excluding hydrogens is 254 g/mol. The summed E-state index contributed by atoms with van der Waals surface area (Å²) in [6.07, 6.45) is 0.653. The van der Waals surface area contributed by atoms with Gasteiger partial charge in [0.15, 0.2) is 0 Å². The highest BCUT2D eigenvalue weighted by atomic mass is 32.2. The van der Waals surface area contributed by atoms with Crippen molar-refractivity contribution < 1.29 is 14.5 Å². The van der Waals surface area contributed by atoms with Gasteiger partial charge in [0.05, 0.1) is 11.5 Å². The molecule has 1 aromatic carbocycles. The quantitative estimate of drug-likeness (QED) is 0.343. The van der Waals surface area contributed by atoms with Crippen LogP contribution >= 0.6 is 11.8 Å². The largest absolute Gasteiger partial charge is 0.465 e. The van der Waals surface area contributed by atoms with Gasteiger partial charge in [0.2, 0.25) is 0 Å². The molecule has 0 aromatic heterocycles. The Morgan fingerprint density at radius 1 is 1.39 bits per heavy atom. The lowest BCUT2D eigenvalue weighted by Crippen LogP contribution is -2.19. The molecule has 0 radical (unpaired) electrons. The van der Waals surface area contributed by atoms with Gasteiger partial charge in [-0.3, -0.25) is 14.9 Å². The predicted molar refractivity (Wildman–Crippen MR) is 69.7 cm³/mol. The number of hydrogen-bond acceptors (Lipinski definition) is 5. The first-order chi connectivity index (χ1) is 8.58. The van der Waals surface area contributed by atoms with Crippen molar-refractivity contribution in [3.8, 4) is 0 Å². The van der Waals surface area contributed by atoms with Gasteiger partial charge in [0, 0.05) is 17.0 Å². The summed E-state index contributed by atoms with van der Waals surface area (Å²) in [4.78, 5) is 22.5. The van der Waals surface area contributed by atoms with Crippen molar-refractivity contribution >= 4 is 23.4 Å². The average molecular weight is 269 g/mol. The molecule has 0 aliphatic heterocycles. The molecule has 1 aromatic rings. The number of nitro benzene ring substituents is 1. The minimum atomic E-state index is -0.447. The van der Waals surface area contributed by atoms with Gasteiger partial charge in [0.25, 0.3) is 5.69 Å². The van der Waals surface area contributed by atoms with E-state index in [9.17, 15) is 14.9 Å². The number of rotatable bonds is 6. The SMILES string of the molecule is CCOC(=O)C(CC)Sc1ccc([N+](=O)[O-])cc1. The summed E-state index contributed by atoms with van der Waals surface area (Å²) < 4.78 is 4.96. The van der Waals surface area contributed by atoms with E-state index in [4.69, 9.17) is 4.74 Å². The third-order valence-corrected chi connectivity index (χ3v) is 3.60. The van der Waals surface area contributed by atoms with Crippen LogP contribution in [0.5, 0.6) is 0 Å². The van der Waals surface area contributed by atoms with Gasteiger partial charge in [-0.15, -0.1) is 11.8 Å². The molecule has 0 saturated heterocycles. The molecule has 0 aliphatic rings. The van der Waals surface area contributed by atoms with Gasteiger partial charge < -0.3 is 4.74 Å². The maximum absolute atomic E-state index is 11.6. The molecule has 98 valence electrons. The highest BCUT2D eigenvalue weighted by molar-refractivity contribution is 8.00. The standard InChI is InChI=1S/C12H15NO4S/c1-3-11(12(14)17-4-2)18-10-7-5-9(6-8-10)13(15)16/h5-8,11H,3-4H2,1-2H3. The van der Waals surface area contributed by atoms with Crippen molar-refractivity contribution in [2.75, 3.05) is 6.61 Å². The van der Waals surface area contributed by atoms with Crippen LogP contribution < -0.4 is 0 Å². The number of nitro groups is 1. The average Bonchev–Trinajstić information content (AvgIpc) is 2.36. The van der Waals surface area contributed by atoms with Crippen LogP contribution in [-0.4, -0.2) is 22.7 Å². The van der Waals surface area contributed by atoms with E-state index in [2.05, 4.69) is 0 Å². The summed E-state index contributed by atoms with van der Waals surface area (Å²) in [5, 5.41) is 10.2. The zero-order chi connectivity index (χ0) is 13.5. The lowest BCUT2D eigenvalue weighted by Gasteiger charge is -2.12. The fourth-order valence-electron chi connectivity index (χ4n) is 1.34. The fourth-order valence-corrected chi connectivity index (χ4v) is 2.30. The molecule has 1 rings (SSSR count). The van der Waals surface area contributed by atoms with Crippen LogP contribution in [0.25, 0.3) is 0 Å². The number of thioether (sulfide) groups is 1. The second-order valence-corrected chi connectivity index (χ2v) is 4.79. The van der Waals surface area contributed by atoms with E-state index in [1.54, 1.807) is 19.1 Å². The zero-order valence-electron chi connectivity index (χ0n) is 10.3. The number of ether oxygens (including phenoxy) is 1. The van der Waals surface area contributed by atoms with Crippen molar-refractivity contribution in [2.24, 2.45) is 0 Å². The van der Waals surface area contributed by atoms with Crippen LogP contribution in [0.3, 0.4) is 0 Å². The van der Waals surface area contributed by atoms with Gasteiger partial charge in [-0.1, -0.05) is 6.92 Å². The number of esters is 1. The van der Waals surface area contributed by atoms with E-state index in [1.165, 1.54) is 23.9 Å². The number of carbonyl (C=O) groups is 1. The molecular formula is C12H15NO4S. The first-order valence-corrected chi connectivity index (χ1v) is 6.54. The topological polar surface area (TPSA) is 69.4 Å². The Bertz CT molecular complexity index is 419. The number of carbonyl (C=O) groups excluding carboxylic acids is 1. The van der Waals surface area contributed by atoms with Crippen LogP contribution in [0, 0.1) is 10.1 Å². The second kappa shape index (κ2) is 7.00.